The number of methoxy groups -OCH3 is 1. The van der Waals surface area contributed by atoms with Crippen LogP contribution in [0.1, 0.15) is 76.1 Å². The number of ether oxygens (including phenoxy) is 1. The number of nitrogens with zero attached hydrogens (tertiary/aromatic N) is 3. The van der Waals surface area contributed by atoms with E-state index in [9.17, 15) is 27.6 Å². The summed E-state index contributed by atoms with van der Waals surface area (Å²) in [5, 5.41) is 6.62. The number of benzene rings is 2. The van der Waals surface area contributed by atoms with Crippen molar-refractivity contribution in [3.63, 3.8) is 0 Å². The lowest BCUT2D eigenvalue weighted by molar-refractivity contribution is -0.128. The SMILES string of the molecule is CCC(=O)N(CC(=O)n1cc(S(=O)(=O)NC(=O)Nc2c3c(cc4c2CCC4)CCC3)cn1)C(=O)c1cc(OC)ccc1CC. The molecule has 1 aromatic heterocycles. The zero-order valence-corrected chi connectivity index (χ0v) is 25.8. The number of carbonyl (C=O) groups excluding carboxylic acids is 4. The van der Waals surface area contributed by atoms with Gasteiger partial charge in [0.2, 0.25) is 5.91 Å². The number of hydrogen-bond acceptors (Lipinski definition) is 8. The molecule has 0 radical (unpaired) electrons. The van der Waals surface area contributed by atoms with Crippen molar-refractivity contribution in [2.75, 3.05) is 19.0 Å². The first-order chi connectivity index (χ1) is 21.1. The Bertz CT molecular complexity index is 1730. The van der Waals surface area contributed by atoms with Gasteiger partial charge in [0.1, 0.15) is 17.2 Å². The number of amides is 4. The highest BCUT2D eigenvalue weighted by Gasteiger charge is 2.29. The number of rotatable bonds is 9. The molecule has 5 rings (SSSR count). The molecule has 0 bridgehead atoms. The van der Waals surface area contributed by atoms with Gasteiger partial charge in [0, 0.05) is 17.7 Å². The van der Waals surface area contributed by atoms with E-state index in [1.807, 2.05) is 11.6 Å². The van der Waals surface area contributed by atoms with Gasteiger partial charge in [0.05, 0.1) is 19.5 Å². The molecule has 12 nitrogen and oxygen atoms in total. The Labute approximate surface area is 255 Å². The molecule has 0 atom stereocenters. The van der Waals surface area contributed by atoms with Gasteiger partial charge in [-0.25, -0.2) is 22.6 Å². The van der Waals surface area contributed by atoms with Crippen LogP contribution in [-0.4, -0.2) is 60.5 Å². The van der Waals surface area contributed by atoms with Crippen LogP contribution in [0.2, 0.25) is 0 Å². The van der Waals surface area contributed by atoms with E-state index < -0.39 is 45.2 Å². The Hall–Kier alpha value is -4.52. The van der Waals surface area contributed by atoms with E-state index in [0.717, 1.165) is 71.6 Å². The minimum Gasteiger partial charge on any atom is -0.497 e. The first kappa shape index (κ1) is 30.9. The Kier molecular flexibility index (Phi) is 8.86. The molecule has 2 aromatic carbocycles. The second-order valence-electron chi connectivity index (χ2n) is 10.8. The zero-order valence-electron chi connectivity index (χ0n) is 24.9. The normalized spacial score (nSPS) is 13.6. The van der Waals surface area contributed by atoms with Gasteiger partial charge in [0.25, 0.3) is 21.8 Å². The molecule has 0 fully saturated rings. The van der Waals surface area contributed by atoms with Crippen LogP contribution in [0.4, 0.5) is 10.5 Å². The van der Waals surface area contributed by atoms with Crippen molar-refractivity contribution in [2.24, 2.45) is 0 Å². The number of imide groups is 1. The van der Waals surface area contributed by atoms with E-state index in [1.165, 1.54) is 24.3 Å². The Morgan fingerprint density at radius 2 is 1.68 bits per heavy atom. The molecule has 232 valence electrons. The molecule has 0 unspecified atom stereocenters. The monoisotopic (exact) mass is 621 g/mol. The number of urea groups is 1. The lowest BCUT2D eigenvalue weighted by Gasteiger charge is -2.21. The fourth-order valence-corrected chi connectivity index (χ4v) is 6.71. The second-order valence-corrected chi connectivity index (χ2v) is 12.5. The van der Waals surface area contributed by atoms with Crippen LogP contribution in [0.15, 0.2) is 41.6 Å². The number of sulfonamides is 1. The van der Waals surface area contributed by atoms with E-state index in [-0.39, 0.29) is 12.0 Å². The summed E-state index contributed by atoms with van der Waals surface area (Å²) in [6, 6.07) is 6.22. The summed E-state index contributed by atoms with van der Waals surface area (Å²) in [5.41, 5.74) is 6.06. The molecule has 0 saturated carbocycles. The van der Waals surface area contributed by atoms with Crippen molar-refractivity contribution in [1.29, 1.82) is 0 Å². The Morgan fingerprint density at radius 3 is 2.30 bits per heavy atom. The van der Waals surface area contributed by atoms with E-state index in [4.69, 9.17) is 4.74 Å². The van der Waals surface area contributed by atoms with Gasteiger partial charge in [-0.3, -0.25) is 19.3 Å². The minimum absolute atomic E-state index is 0.0456. The number of aromatic nitrogens is 2. The topological polar surface area (TPSA) is 157 Å². The van der Waals surface area contributed by atoms with Crippen LogP contribution in [0, 0.1) is 0 Å². The minimum atomic E-state index is -4.40. The molecule has 0 spiro atoms. The molecule has 2 N–H and O–H groups in total. The number of hydrogen-bond donors (Lipinski definition) is 2. The van der Waals surface area contributed by atoms with Crippen LogP contribution >= 0.6 is 0 Å². The number of fused-ring (bicyclic) bond motifs is 2. The third-order valence-electron chi connectivity index (χ3n) is 8.13. The number of aryl methyl sites for hydroxylation is 3. The molecule has 3 aromatic rings. The van der Waals surface area contributed by atoms with Crippen LogP contribution in [0.5, 0.6) is 5.75 Å². The summed E-state index contributed by atoms with van der Waals surface area (Å²) in [5.74, 6) is -1.67. The molecule has 44 heavy (non-hydrogen) atoms. The Morgan fingerprint density at radius 1 is 1.00 bits per heavy atom. The molecular formula is C31H35N5O7S. The largest absolute Gasteiger partial charge is 0.497 e. The van der Waals surface area contributed by atoms with E-state index >= 15 is 0 Å². The summed E-state index contributed by atoms with van der Waals surface area (Å²) in [7, 11) is -2.95. The fourth-order valence-electron chi connectivity index (χ4n) is 5.88. The van der Waals surface area contributed by atoms with Crippen LogP contribution in [0.3, 0.4) is 0 Å². The molecule has 13 heteroatoms. The van der Waals surface area contributed by atoms with Crippen LogP contribution in [0.25, 0.3) is 0 Å². The standard InChI is InChI=1S/C31H35N5O7S/c1-4-19-12-13-22(43-3)15-26(19)30(39)35(27(37)5-2)18-28(38)36-17-23(16-32-36)44(41,42)34-31(40)33-29-24-10-6-8-20(24)14-21-9-7-11-25(21)29/h12-17H,4-11,18H2,1-3H3,(H2,33,34,40). The van der Waals surface area contributed by atoms with Crippen molar-refractivity contribution in [2.45, 2.75) is 70.1 Å². The first-order valence-electron chi connectivity index (χ1n) is 14.7. The van der Waals surface area contributed by atoms with Gasteiger partial charge in [-0.2, -0.15) is 5.10 Å². The smallest absolute Gasteiger partial charge is 0.333 e. The summed E-state index contributed by atoms with van der Waals surface area (Å²) < 4.78 is 34.1. The first-order valence-corrected chi connectivity index (χ1v) is 16.1. The molecule has 0 aliphatic heterocycles. The van der Waals surface area contributed by atoms with Crippen molar-refractivity contribution >= 4 is 39.5 Å². The lowest BCUT2D eigenvalue weighted by atomic mass is 9.99. The maximum atomic E-state index is 13.5. The van der Waals surface area contributed by atoms with Gasteiger partial charge in [-0.15, -0.1) is 0 Å². The highest BCUT2D eigenvalue weighted by atomic mass is 32.2. The highest BCUT2D eigenvalue weighted by Crippen LogP contribution is 2.38. The van der Waals surface area contributed by atoms with Crippen LogP contribution in [-0.2, 0) is 46.9 Å². The van der Waals surface area contributed by atoms with E-state index in [0.29, 0.717) is 23.4 Å². The predicted molar refractivity (Wildman–Crippen MR) is 161 cm³/mol. The highest BCUT2D eigenvalue weighted by molar-refractivity contribution is 7.90. The quantitative estimate of drug-likeness (QED) is 0.367. The van der Waals surface area contributed by atoms with Crippen LogP contribution < -0.4 is 14.8 Å². The van der Waals surface area contributed by atoms with Gasteiger partial charge in [-0.1, -0.05) is 26.0 Å². The summed E-state index contributed by atoms with van der Waals surface area (Å²) in [4.78, 5) is 52.7. The van der Waals surface area contributed by atoms with E-state index in [1.54, 1.807) is 19.1 Å². The predicted octanol–water partition coefficient (Wildman–Crippen LogP) is 3.66. The third kappa shape index (κ3) is 6.09. The second kappa shape index (κ2) is 12.6. The zero-order chi connectivity index (χ0) is 31.6. The van der Waals surface area contributed by atoms with Gasteiger partial charge in [0.15, 0.2) is 0 Å². The fraction of sp³-hybridized carbons (Fsp3) is 0.387. The average molecular weight is 622 g/mol. The lowest BCUT2D eigenvalue weighted by Crippen LogP contribution is -2.42. The van der Waals surface area contributed by atoms with Crippen molar-refractivity contribution in [3.8, 4) is 5.75 Å². The number of anilines is 1. The number of carbonyl (C=O) groups is 4. The van der Waals surface area contributed by atoms with Gasteiger partial charge in [-0.05, 0) is 84.9 Å². The third-order valence-corrected chi connectivity index (χ3v) is 9.42. The molecule has 0 saturated heterocycles. The maximum Gasteiger partial charge on any atom is 0.333 e. The summed E-state index contributed by atoms with van der Waals surface area (Å²) >= 11 is 0. The maximum absolute atomic E-state index is 13.5. The molecule has 1 heterocycles. The van der Waals surface area contributed by atoms with Crippen molar-refractivity contribution in [3.05, 3.63) is 70.0 Å². The van der Waals surface area contributed by atoms with Gasteiger partial charge < -0.3 is 10.1 Å². The van der Waals surface area contributed by atoms with Gasteiger partial charge >= 0.3 is 6.03 Å². The molecular weight excluding hydrogens is 586 g/mol. The average Bonchev–Trinajstić information content (AvgIpc) is 3.79. The molecule has 4 amide bonds. The molecule has 2 aliphatic rings. The summed E-state index contributed by atoms with van der Waals surface area (Å²) in [6.45, 7) is 2.74. The van der Waals surface area contributed by atoms with Crippen molar-refractivity contribution in [1.82, 2.24) is 19.4 Å². The summed E-state index contributed by atoms with van der Waals surface area (Å²) in [6.07, 6.45) is 7.77. The van der Waals surface area contributed by atoms with Crippen molar-refractivity contribution < 1.29 is 32.3 Å². The van der Waals surface area contributed by atoms with E-state index in [2.05, 4.69) is 16.5 Å². The molecule has 2 aliphatic carbocycles. The number of nitrogens with one attached hydrogen (secondary N) is 2. The Balaban J connectivity index is 1.31.